The quantitative estimate of drug-likeness (QED) is 0.597. The molecule has 18 heavy (non-hydrogen) atoms. The highest BCUT2D eigenvalue weighted by molar-refractivity contribution is 5.25. The molecule has 0 fully saturated rings. The molecule has 1 atom stereocenters. The molecule has 1 aromatic carbocycles. The molecule has 1 unspecified atom stereocenters. The molecule has 0 radical (unpaired) electrons. The van der Waals surface area contributed by atoms with Crippen LogP contribution in [-0.2, 0) is 0 Å². The maximum Gasteiger partial charge on any atom is 0.194 e. The van der Waals surface area contributed by atoms with Crippen molar-refractivity contribution in [1.82, 2.24) is 5.32 Å². The summed E-state index contributed by atoms with van der Waals surface area (Å²) in [5.41, 5.74) is 1.08. The molecule has 0 aliphatic rings. The zero-order valence-electron chi connectivity index (χ0n) is 10.7. The molecule has 0 heterocycles. The van der Waals surface area contributed by atoms with Crippen molar-refractivity contribution in [2.45, 2.75) is 32.7 Å². The summed E-state index contributed by atoms with van der Waals surface area (Å²) in [6.07, 6.45) is 1.28. The van der Waals surface area contributed by atoms with Gasteiger partial charge >= 0.3 is 0 Å². The minimum atomic E-state index is -1.42. The maximum atomic E-state index is 13.7. The molecule has 100 valence electrons. The normalized spacial score (nSPS) is 12.5. The highest BCUT2D eigenvalue weighted by Gasteiger charge is 2.20. The molecule has 1 N–H and O–H groups in total. The Morgan fingerprint density at radius 3 is 2.44 bits per heavy atom. The fraction of sp³-hybridized carbons (Fsp3) is 0.429. The smallest absolute Gasteiger partial charge is 0.194 e. The molecule has 0 saturated carbocycles. The summed E-state index contributed by atoms with van der Waals surface area (Å²) in [6, 6.07) is 1.86. The molecule has 1 rings (SSSR count). The summed E-state index contributed by atoms with van der Waals surface area (Å²) in [6.45, 7) is 8.30. The Labute approximate surface area is 106 Å². The second-order valence-electron chi connectivity index (χ2n) is 4.18. The van der Waals surface area contributed by atoms with E-state index in [-0.39, 0.29) is 11.6 Å². The SMILES string of the molecule is C=C(CC)CC(NCC)c1ccc(F)c(F)c1F. The van der Waals surface area contributed by atoms with Gasteiger partial charge in [0.1, 0.15) is 0 Å². The fourth-order valence-corrected chi connectivity index (χ4v) is 1.78. The molecule has 4 heteroatoms. The lowest BCUT2D eigenvalue weighted by molar-refractivity contribution is 0.424. The second kappa shape index (κ2) is 6.59. The van der Waals surface area contributed by atoms with Crippen molar-refractivity contribution < 1.29 is 13.2 Å². The molecular formula is C14H18F3N. The van der Waals surface area contributed by atoms with Crippen molar-refractivity contribution >= 4 is 0 Å². The molecule has 0 bridgehead atoms. The third-order valence-electron chi connectivity index (χ3n) is 2.88. The summed E-state index contributed by atoms with van der Waals surface area (Å²) in [5.74, 6) is -3.71. The van der Waals surface area contributed by atoms with Gasteiger partial charge in [-0.15, -0.1) is 0 Å². The van der Waals surface area contributed by atoms with Gasteiger partial charge < -0.3 is 5.32 Å². The average Bonchev–Trinajstić information content (AvgIpc) is 2.35. The van der Waals surface area contributed by atoms with E-state index in [1.165, 1.54) is 6.07 Å². The predicted octanol–water partition coefficient (Wildman–Crippen LogP) is 4.11. The molecule has 0 amide bonds. The minimum Gasteiger partial charge on any atom is -0.310 e. The van der Waals surface area contributed by atoms with Crippen molar-refractivity contribution in [3.8, 4) is 0 Å². The zero-order chi connectivity index (χ0) is 13.7. The summed E-state index contributed by atoms with van der Waals surface area (Å²) >= 11 is 0. The first-order valence-corrected chi connectivity index (χ1v) is 6.04. The van der Waals surface area contributed by atoms with Gasteiger partial charge in [0.2, 0.25) is 0 Å². The van der Waals surface area contributed by atoms with Gasteiger partial charge in [-0.1, -0.05) is 32.1 Å². The minimum absolute atomic E-state index is 0.144. The van der Waals surface area contributed by atoms with Crippen LogP contribution in [0, 0.1) is 17.5 Å². The Kier molecular flexibility index (Phi) is 5.41. The van der Waals surface area contributed by atoms with Gasteiger partial charge in [0, 0.05) is 11.6 Å². The van der Waals surface area contributed by atoms with Crippen molar-refractivity contribution in [2.75, 3.05) is 6.54 Å². The van der Waals surface area contributed by atoms with Gasteiger partial charge in [0.25, 0.3) is 0 Å². The van der Waals surface area contributed by atoms with Crippen LogP contribution in [0.3, 0.4) is 0 Å². The number of benzene rings is 1. The van der Waals surface area contributed by atoms with E-state index in [4.69, 9.17) is 0 Å². The van der Waals surface area contributed by atoms with E-state index in [0.717, 1.165) is 18.1 Å². The number of nitrogens with one attached hydrogen (secondary N) is 1. The molecule has 1 aromatic rings. The van der Waals surface area contributed by atoms with Gasteiger partial charge in [0.05, 0.1) is 0 Å². The molecule has 0 aliphatic carbocycles. The standard InChI is InChI=1S/C14H18F3N/c1-4-9(3)8-12(18-5-2)10-6-7-11(15)14(17)13(10)16/h6-7,12,18H,3-5,8H2,1-2H3. The zero-order valence-corrected chi connectivity index (χ0v) is 10.7. The van der Waals surface area contributed by atoms with Crippen LogP contribution in [0.5, 0.6) is 0 Å². The number of rotatable bonds is 6. The third kappa shape index (κ3) is 3.35. The Morgan fingerprint density at radius 2 is 1.89 bits per heavy atom. The van der Waals surface area contributed by atoms with Crippen LogP contribution in [0.1, 0.15) is 38.3 Å². The van der Waals surface area contributed by atoms with Crippen molar-refractivity contribution in [1.29, 1.82) is 0 Å². The van der Waals surface area contributed by atoms with E-state index in [9.17, 15) is 13.2 Å². The average molecular weight is 257 g/mol. The lowest BCUT2D eigenvalue weighted by Crippen LogP contribution is -2.23. The van der Waals surface area contributed by atoms with E-state index in [1.54, 1.807) is 0 Å². The largest absolute Gasteiger partial charge is 0.310 e. The van der Waals surface area contributed by atoms with Gasteiger partial charge in [-0.3, -0.25) is 0 Å². The number of hydrogen-bond donors (Lipinski definition) is 1. The van der Waals surface area contributed by atoms with E-state index < -0.39 is 17.5 Å². The van der Waals surface area contributed by atoms with E-state index in [0.29, 0.717) is 13.0 Å². The van der Waals surface area contributed by atoms with E-state index in [2.05, 4.69) is 11.9 Å². The Morgan fingerprint density at radius 1 is 1.22 bits per heavy atom. The first-order chi connectivity index (χ1) is 8.51. The second-order valence-corrected chi connectivity index (χ2v) is 4.18. The molecule has 0 aromatic heterocycles. The summed E-state index contributed by atoms with van der Waals surface area (Å²) in [5, 5.41) is 3.06. The highest BCUT2D eigenvalue weighted by atomic mass is 19.2. The lowest BCUT2D eigenvalue weighted by atomic mass is 9.97. The Hall–Kier alpha value is -1.29. The van der Waals surface area contributed by atoms with Gasteiger partial charge in [-0.05, 0) is 25.5 Å². The summed E-state index contributed by atoms with van der Waals surface area (Å²) < 4.78 is 39.8. The Bertz CT molecular complexity index is 429. The fourth-order valence-electron chi connectivity index (χ4n) is 1.78. The first-order valence-electron chi connectivity index (χ1n) is 6.04. The van der Waals surface area contributed by atoms with Crippen LogP contribution in [0.2, 0.25) is 0 Å². The first kappa shape index (κ1) is 14.8. The van der Waals surface area contributed by atoms with Crippen LogP contribution in [0.4, 0.5) is 13.2 Å². The molecular weight excluding hydrogens is 239 g/mol. The maximum absolute atomic E-state index is 13.7. The highest BCUT2D eigenvalue weighted by Crippen LogP contribution is 2.26. The summed E-state index contributed by atoms with van der Waals surface area (Å²) in [4.78, 5) is 0. The van der Waals surface area contributed by atoms with Gasteiger partial charge in [0.15, 0.2) is 17.5 Å². The van der Waals surface area contributed by atoms with Crippen LogP contribution < -0.4 is 5.32 Å². The van der Waals surface area contributed by atoms with Crippen molar-refractivity contribution in [3.05, 3.63) is 47.3 Å². The Balaban J connectivity index is 3.05. The van der Waals surface area contributed by atoms with Crippen molar-refractivity contribution in [3.63, 3.8) is 0 Å². The predicted molar refractivity (Wildman–Crippen MR) is 66.8 cm³/mol. The molecule has 0 aliphatic heterocycles. The van der Waals surface area contributed by atoms with E-state index >= 15 is 0 Å². The number of hydrogen-bond acceptors (Lipinski definition) is 1. The van der Waals surface area contributed by atoms with Crippen LogP contribution in [0.15, 0.2) is 24.3 Å². The van der Waals surface area contributed by atoms with Gasteiger partial charge in [-0.2, -0.15) is 0 Å². The van der Waals surface area contributed by atoms with E-state index in [1.807, 2.05) is 13.8 Å². The topological polar surface area (TPSA) is 12.0 Å². The van der Waals surface area contributed by atoms with Crippen LogP contribution >= 0.6 is 0 Å². The van der Waals surface area contributed by atoms with Crippen molar-refractivity contribution in [2.24, 2.45) is 0 Å². The molecule has 0 spiro atoms. The molecule has 0 saturated heterocycles. The molecule has 1 nitrogen and oxygen atoms in total. The monoisotopic (exact) mass is 257 g/mol. The lowest BCUT2D eigenvalue weighted by Gasteiger charge is -2.20. The van der Waals surface area contributed by atoms with Gasteiger partial charge in [-0.25, -0.2) is 13.2 Å². The summed E-state index contributed by atoms with van der Waals surface area (Å²) in [7, 11) is 0. The third-order valence-corrected chi connectivity index (χ3v) is 2.88. The van der Waals surface area contributed by atoms with Crippen LogP contribution in [-0.4, -0.2) is 6.54 Å². The number of halogens is 3. The van der Waals surface area contributed by atoms with Crippen LogP contribution in [0.25, 0.3) is 0 Å².